The van der Waals surface area contributed by atoms with E-state index in [2.05, 4.69) is 35.1 Å². The van der Waals surface area contributed by atoms with Gasteiger partial charge in [0, 0.05) is 44.0 Å². The van der Waals surface area contributed by atoms with Gasteiger partial charge in [-0.15, -0.1) is 0 Å². The van der Waals surface area contributed by atoms with Crippen molar-refractivity contribution in [2.24, 2.45) is 5.92 Å². The van der Waals surface area contributed by atoms with Crippen LogP contribution in [0.15, 0.2) is 18.3 Å². The topological polar surface area (TPSA) is 37.4 Å². The van der Waals surface area contributed by atoms with Gasteiger partial charge in [0.15, 0.2) is 0 Å². The first kappa shape index (κ1) is 14.3. The summed E-state index contributed by atoms with van der Waals surface area (Å²) in [6, 6.07) is 4.70. The van der Waals surface area contributed by atoms with Crippen LogP contribution >= 0.6 is 0 Å². The van der Waals surface area contributed by atoms with E-state index in [-0.39, 0.29) is 0 Å². The summed E-state index contributed by atoms with van der Waals surface area (Å²) in [5, 5.41) is 3.51. The maximum atomic E-state index is 5.36. The normalized spacial score (nSPS) is 22.2. The van der Waals surface area contributed by atoms with Crippen LogP contribution in [-0.4, -0.2) is 42.7 Å². The van der Waals surface area contributed by atoms with Crippen LogP contribution < -0.4 is 10.1 Å². The van der Waals surface area contributed by atoms with E-state index >= 15 is 0 Å². The fourth-order valence-electron chi connectivity index (χ4n) is 2.74. The Hall–Kier alpha value is -1.13. The summed E-state index contributed by atoms with van der Waals surface area (Å²) in [4.78, 5) is 6.85. The van der Waals surface area contributed by atoms with Crippen LogP contribution in [0.1, 0.15) is 25.8 Å². The molecule has 0 radical (unpaired) electrons. The van der Waals surface area contributed by atoms with E-state index in [0.717, 1.165) is 32.1 Å². The van der Waals surface area contributed by atoms with Gasteiger partial charge in [-0.25, -0.2) is 4.98 Å². The highest BCUT2D eigenvalue weighted by molar-refractivity contribution is 5.25. The molecule has 4 nitrogen and oxygen atoms in total. The lowest BCUT2D eigenvalue weighted by molar-refractivity contribution is 0.108. The first-order valence-electron chi connectivity index (χ1n) is 7.19. The summed E-state index contributed by atoms with van der Waals surface area (Å²) in [5.74, 6) is 1.46. The smallest absolute Gasteiger partial charge is 0.217 e. The first-order chi connectivity index (χ1) is 9.26. The molecule has 0 saturated carbocycles. The van der Waals surface area contributed by atoms with Crippen molar-refractivity contribution in [3.8, 4) is 5.88 Å². The van der Waals surface area contributed by atoms with Crippen LogP contribution in [0.4, 0.5) is 0 Å². The minimum atomic E-state index is 0.601. The number of nitrogens with one attached hydrogen (secondary N) is 1. The highest BCUT2D eigenvalue weighted by Gasteiger charge is 2.26. The van der Waals surface area contributed by atoms with Gasteiger partial charge in [0.1, 0.15) is 0 Å². The van der Waals surface area contributed by atoms with Gasteiger partial charge in [-0.2, -0.15) is 0 Å². The van der Waals surface area contributed by atoms with Crippen LogP contribution in [0.5, 0.6) is 5.88 Å². The number of ether oxygens (including phenoxy) is 1. The van der Waals surface area contributed by atoms with Crippen LogP contribution in [-0.2, 0) is 6.54 Å². The zero-order valence-corrected chi connectivity index (χ0v) is 12.2. The predicted molar refractivity (Wildman–Crippen MR) is 77.3 cm³/mol. The molecule has 0 aliphatic carbocycles. The number of hydrogen-bond donors (Lipinski definition) is 1. The Morgan fingerprint density at radius 3 is 3.16 bits per heavy atom. The number of rotatable bonds is 5. The van der Waals surface area contributed by atoms with E-state index in [1.165, 1.54) is 12.0 Å². The van der Waals surface area contributed by atoms with Crippen LogP contribution in [0.25, 0.3) is 0 Å². The lowest BCUT2D eigenvalue weighted by Crippen LogP contribution is -2.53. The van der Waals surface area contributed by atoms with Crippen molar-refractivity contribution in [3.05, 3.63) is 23.9 Å². The second-order valence-electron chi connectivity index (χ2n) is 5.30. The van der Waals surface area contributed by atoms with Crippen molar-refractivity contribution in [1.29, 1.82) is 0 Å². The SMILES string of the molecule is CCC(C)C1CNCCN1Cc1cccnc1OC. The van der Waals surface area contributed by atoms with Crippen LogP contribution in [0.3, 0.4) is 0 Å². The summed E-state index contributed by atoms with van der Waals surface area (Å²) in [6.07, 6.45) is 3.00. The molecule has 19 heavy (non-hydrogen) atoms. The molecule has 0 spiro atoms. The summed E-state index contributed by atoms with van der Waals surface area (Å²) in [6.45, 7) is 8.76. The first-order valence-corrected chi connectivity index (χ1v) is 7.19. The van der Waals surface area contributed by atoms with E-state index in [0.29, 0.717) is 12.0 Å². The third-order valence-electron chi connectivity index (χ3n) is 4.12. The monoisotopic (exact) mass is 263 g/mol. The third kappa shape index (κ3) is 3.45. The van der Waals surface area contributed by atoms with Crippen molar-refractivity contribution < 1.29 is 4.74 Å². The van der Waals surface area contributed by atoms with E-state index < -0.39 is 0 Å². The number of hydrogen-bond acceptors (Lipinski definition) is 4. The highest BCUT2D eigenvalue weighted by atomic mass is 16.5. The summed E-state index contributed by atoms with van der Waals surface area (Å²) < 4.78 is 5.36. The van der Waals surface area contributed by atoms with Gasteiger partial charge in [-0.1, -0.05) is 26.3 Å². The average Bonchev–Trinajstić information content (AvgIpc) is 2.47. The number of pyridine rings is 1. The molecule has 2 rings (SSSR count). The molecule has 0 aromatic carbocycles. The molecule has 2 heterocycles. The van der Waals surface area contributed by atoms with Gasteiger partial charge in [0.05, 0.1) is 7.11 Å². The molecule has 4 heteroatoms. The average molecular weight is 263 g/mol. The van der Waals surface area contributed by atoms with Gasteiger partial charge in [-0.05, 0) is 12.0 Å². The number of nitrogens with zero attached hydrogens (tertiary/aromatic N) is 2. The molecule has 1 aliphatic heterocycles. The Balaban J connectivity index is 2.10. The Morgan fingerprint density at radius 2 is 2.42 bits per heavy atom. The largest absolute Gasteiger partial charge is 0.481 e. The van der Waals surface area contributed by atoms with Gasteiger partial charge in [-0.3, -0.25) is 4.90 Å². The zero-order chi connectivity index (χ0) is 13.7. The maximum Gasteiger partial charge on any atom is 0.217 e. The van der Waals surface area contributed by atoms with Crippen molar-refractivity contribution in [1.82, 2.24) is 15.2 Å². The molecule has 1 aliphatic rings. The lowest BCUT2D eigenvalue weighted by atomic mass is 9.95. The number of methoxy groups -OCH3 is 1. The van der Waals surface area contributed by atoms with E-state index in [4.69, 9.17) is 4.74 Å². The number of aromatic nitrogens is 1. The molecule has 0 amide bonds. The molecule has 2 atom stereocenters. The molecule has 1 aromatic rings. The minimum Gasteiger partial charge on any atom is -0.481 e. The minimum absolute atomic E-state index is 0.601. The Bertz CT molecular complexity index is 397. The predicted octanol–water partition coefficient (Wildman–Crippen LogP) is 1.91. The van der Waals surface area contributed by atoms with Gasteiger partial charge in [0.2, 0.25) is 5.88 Å². The number of piperazine rings is 1. The summed E-state index contributed by atoms with van der Waals surface area (Å²) in [7, 11) is 1.69. The Kier molecular flexibility index (Phi) is 5.16. The van der Waals surface area contributed by atoms with E-state index in [1.54, 1.807) is 13.3 Å². The molecule has 1 fully saturated rings. The highest BCUT2D eigenvalue weighted by Crippen LogP contribution is 2.22. The molecular formula is C15H25N3O. The second-order valence-corrected chi connectivity index (χ2v) is 5.30. The van der Waals surface area contributed by atoms with Crippen LogP contribution in [0.2, 0.25) is 0 Å². The fraction of sp³-hybridized carbons (Fsp3) is 0.667. The zero-order valence-electron chi connectivity index (χ0n) is 12.2. The fourth-order valence-corrected chi connectivity index (χ4v) is 2.74. The van der Waals surface area contributed by atoms with Gasteiger partial charge in [0.25, 0.3) is 0 Å². The maximum absolute atomic E-state index is 5.36. The molecule has 2 unspecified atom stereocenters. The lowest BCUT2D eigenvalue weighted by Gasteiger charge is -2.39. The second kappa shape index (κ2) is 6.87. The van der Waals surface area contributed by atoms with Crippen molar-refractivity contribution in [2.75, 3.05) is 26.7 Å². The van der Waals surface area contributed by atoms with E-state index in [9.17, 15) is 0 Å². The standard InChI is InChI=1S/C15H25N3O/c1-4-12(2)14-10-16-8-9-18(14)11-13-6-5-7-17-15(13)19-3/h5-7,12,14,16H,4,8-11H2,1-3H3. The Morgan fingerprint density at radius 1 is 1.58 bits per heavy atom. The van der Waals surface area contributed by atoms with Crippen LogP contribution in [0, 0.1) is 5.92 Å². The molecule has 106 valence electrons. The van der Waals surface area contributed by atoms with Crippen molar-refractivity contribution in [2.45, 2.75) is 32.9 Å². The van der Waals surface area contributed by atoms with Gasteiger partial charge < -0.3 is 10.1 Å². The van der Waals surface area contributed by atoms with Gasteiger partial charge >= 0.3 is 0 Å². The quantitative estimate of drug-likeness (QED) is 0.880. The summed E-state index contributed by atoms with van der Waals surface area (Å²) in [5.41, 5.74) is 1.18. The molecule has 1 saturated heterocycles. The van der Waals surface area contributed by atoms with Crippen molar-refractivity contribution in [3.63, 3.8) is 0 Å². The van der Waals surface area contributed by atoms with E-state index in [1.807, 2.05) is 6.07 Å². The Labute approximate surface area is 116 Å². The van der Waals surface area contributed by atoms with Crippen molar-refractivity contribution >= 4 is 0 Å². The molecular weight excluding hydrogens is 238 g/mol. The molecule has 1 aromatic heterocycles. The molecule has 1 N–H and O–H groups in total. The third-order valence-corrected chi connectivity index (χ3v) is 4.12. The molecule has 0 bridgehead atoms. The summed E-state index contributed by atoms with van der Waals surface area (Å²) >= 11 is 0.